The van der Waals surface area contributed by atoms with E-state index in [1.807, 2.05) is 31.2 Å². The number of amides is 1. The molecule has 1 aromatic rings. The first-order chi connectivity index (χ1) is 11.2. The Morgan fingerprint density at radius 3 is 2.57 bits per heavy atom. The number of hydrogen-bond donors (Lipinski definition) is 0. The van der Waals surface area contributed by atoms with E-state index in [0.717, 1.165) is 50.1 Å². The van der Waals surface area contributed by atoms with Gasteiger partial charge in [-0.3, -0.25) is 4.79 Å². The van der Waals surface area contributed by atoms with E-state index in [0.29, 0.717) is 0 Å². The van der Waals surface area contributed by atoms with Crippen LogP contribution >= 0.6 is 0 Å². The molecular formula is C18H23NO4. The summed E-state index contributed by atoms with van der Waals surface area (Å²) < 4.78 is 10.9. The Kier molecular flexibility index (Phi) is 4.84. The number of benzene rings is 1. The smallest absolute Gasteiger partial charge is 0.348 e. The number of fused-ring (bicyclic) bond motifs is 1. The fraction of sp³-hybridized carbons (Fsp3) is 0.556. The standard InChI is InChI=1S/C18H23NO4/c1-13-14-8-4-5-9-15(14)23-17(13)18(21)22-12-16(20)19-10-6-2-3-7-11-19/h4-5,8-9,13,17H,2-3,6-7,10-12H2,1H3. The average molecular weight is 317 g/mol. The van der Waals surface area contributed by atoms with Gasteiger partial charge >= 0.3 is 5.97 Å². The summed E-state index contributed by atoms with van der Waals surface area (Å²) in [5, 5.41) is 0. The summed E-state index contributed by atoms with van der Waals surface area (Å²) >= 11 is 0. The molecule has 0 aromatic heterocycles. The summed E-state index contributed by atoms with van der Waals surface area (Å²) in [6.07, 6.45) is 3.71. The third-order valence-corrected chi connectivity index (χ3v) is 4.65. The van der Waals surface area contributed by atoms with Crippen LogP contribution in [-0.4, -0.2) is 42.6 Å². The highest BCUT2D eigenvalue weighted by Crippen LogP contribution is 2.37. The first-order valence-electron chi connectivity index (χ1n) is 8.37. The molecule has 1 fully saturated rings. The average Bonchev–Trinajstić information content (AvgIpc) is 2.76. The molecule has 0 aliphatic carbocycles. The Bertz CT molecular complexity index is 578. The van der Waals surface area contributed by atoms with E-state index < -0.39 is 12.1 Å². The van der Waals surface area contributed by atoms with Crippen LogP contribution in [0, 0.1) is 0 Å². The Balaban J connectivity index is 1.53. The van der Waals surface area contributed by atoms with Gasteiger partial charge < -0.3 is 14.4 Å². The molecule has 5 heteroatoms. The van der Waals surface area contributed by atoms with Gasteiger partial charge in [0, 0.05) is 24.6 Å². The molecule has 5 nitrogen and oxygen atoms in total. The van der Waals surface area contributed by atoms with Crippen LogP contribution in [0.25, 0.3) is 0 Å². The molecule has 2 atom stereocenters. The lowest BCUT2D eigenvalue weighted by Gasteiger charge is -2.21. The first kappa shape index (κ1) is 15.8. The van der Waals surface area contributed by atoms with E-state index in [-0.39, 0.29) is 18.4 Å². The number of carbonyl (C=O) groups excluding carboxylic acids is 2. The lowest BCUT2D eigenvalue weighted by atomic mass is 9.98. The lowest BCUT2D eigenvalue weighted by Crippen LogP contribution is -2.37. The van der Waals surface area contributed by atoms with E-state index >= 15 is 0 Å². The predicted molar refractivity (Wildman–Crippen MR) is 85.3 cm³/mol. The van der Waals surface area contributed by atoms with Crippen molar-refractivity contribution in [2.75, 3.05) is 19.7 Å². The van der Waals surface area contributed by atoms with Gasteiger partial charge in [-0.05, 0) is 18.9 Å². The van der Waals surface area contributed by atoms with Crippen molar-refractivity contribution >= 4 is 11.9 Å². The SMILES string of the molecule is CC1c2ccccc2OC1C(=O)OCC(=O)N1CCCCCC1. The van der Waals surface area contributed by atoms with E-state index in [9.17, 15) is 9.59 Å². The summed E-state index contributed by atoms with van der Waals surface area (Å²) in [6, 6.07) is 7.61. The van der Waals surface area contributed by atoms with Crippen molar-refractivity contribution in [2.45, 2.75) is 44.6 Å². The third kappa shape index (κ3) is 3.49. The van der Waals surface area contributed by atoms with E-state index in [2.05, 4.69) is 0 Å². The number of rotatable bonds is 3. The van der Waals surface area contributed by atoms with Gasteiger partial charge in [-0.15, -0.1) is 0 Å². The molecule has 0 saturated carbocycles. The summed E-state index contributed by atoms with van der Waals surface area (Å²) in [4.78, 5) is 26.2. The van der Waals surface area contributed by atoms with E-state index in [1.165, 1.54) is 0 Å². The number of nitrogens with zero attached hydrogens (tertiary/aromatic N) is 1. The van der Waals surface area contributed by atoms with E-state index in [4.69, 9.17) is 9.47 Å². The van der Waals surface area contributed by atoms with Gasteiger partial charge in [-0.25, -0.2) is 4.79 Å². The second kappa shape index (κ2) is 7.02. The first-order valence-corrected chi connectivity index (χ1v) is 8.37. The molecule has 2 aliphatic rings. The highest BCUT2D eigenvalue weighted by Gasteiger charge is 2.37. The predicted octanol–water partition coefficient (Wildman–Crippen LogP) is 2.50. The molecule has 124 valence electrons. The Morgan fingerprint density at radius 2 is 1.87 bits per heavy atom. The fourth-order valence-corrected chi connectivity index (χ4v) is 3.24. The van der Waals surface area contributed by atoms with Crippen molar-refractivity contribution in [3.63, 3.8) is 0 Å². The number of esters is 1. The zero-order chi connectivity index (χ0) is 16.2. The minimum absolute atomic E-state index is 0.0630. The molecule has 23 heavy (non-hydrogen) atoms. The van der Waals surface area contributed by atoms with Crippen molar-refractivity contribution < 1.29 is 19.1 Å². The maximum absolute atomic E-state index is 12.3. The summed E-state index contributed by atoms with van der Waals surface area (Å²) in [5.74, 6) is 0.0908. The van der Waals surface area contributed by atoms with Crippen molar-refractivity contribution in [3.05, 3.63) is 29.8 Å². The molecule has 3 rings (SSSR count). The molecule has 2 aliphatic heterocycles. The minimum Gasteiger partial charge on any atom is -0.478 e. The molecular weight excluding hydrogens is 294 g/mol. The Morgan fingerprint density at radius 1 is 1.17 bits per heavy atom. The zero-order valence-electron chi connectivity index (χ0n) is 13.5. The van der Waals surface area contributed by atoms with Crippen LogP contribution in [-0.2, 0) is 14.3 Å². The monoisotopic (exact) mass is 317 g/mol. The summed E-state index contributed by atoms with van der Waals surface area (Å²) in [6.45, 7) is 3.27. The fourth-order valence-electron chi connectivity index (χ4n) is 3.24. The number of carbonyl (C=O) groups is 2. The number of hydrogen-bond acceptors (Lipinski definition) is 4. The summed E-state index contributed by atoms with van der Waals surface area (Å²) in [7, 11) is 0. The molecule has 1 amide bonds. The molecule has 0 spiro atoms. The molecule has 1 aromatic carbocycles. The van der Waals surface area contributed by atoms with Gasteiger partial charge in [0.05, 0.1) is 0 Å². The molecule has 2 unspecified atom stereocenters. The maximum Gasteiger partial charge on any atom is 0.348 e. The topological polar surface area (TPSA) is 55.8 Å². The van der Waals surface area contributed by atoms with Crippen LogP contribution < -0.4 is 4.74 Å². The van der Waals surface area contributed by atoms with Crippen LogP contribution in [0.15, 0.2) is 24.3 Å². The molecule has 2 heterocycles. The van der Waals surface area contributed by atoms with Crippen LogP contribution in [0.2, 0.25) is 0 Å². The third-order valence-electron chi connectivity index (χ3n) is 4.65. The van der Waals surface area contributed by atoms with Gasteiger partial charge in [0.1, 0.15) is 5.75 Å². The zero-order valence-corrected chi connectivity index (χ0v) is 13.5. The molecule has 0 radical (unpaired) electrons. The van der Waals surface area contributed by atoms with Crippen LogP contribution in [0.4, 0.5) is 0 Å². The second-order valence-electron chi connectivity index (χ2n) is 6.27. The number of para-hydroxylation sites is 1. The molecule has 0 N–H and O–H groups in total. The molecule has 0 bridgehead atoms. The van der Waals surface area contributed by atoms with Crippen molar-refractivity contribution in [1.82, 2.24) is 4.90 Å². The van der Waals surface area contributed by atoms with Gasteiger partial charge in [0.2, 0.25) is 6.10 Å². The van der Waals surface area contributed by atoms with Crippen LogP contribution in [0.3, 0.4) is 0 Å². The highest BCUT2D eigenvalue weighted by molar-refractivity contribution is 5.83. The Labute approximate surface area is 136 Å². The quantitative estimate of drug-likeness (QED) is 0.804. The van der Waals surface area contributed by atoms with Crippen LogP contribution in [0.1, 0.15) is 44.1 Å². The number of ether oxygens (including phenoxy) is 2. The van der Waals surface area contributed by atoms with Crippen molar-refractivity contribution in [2.24, 2.45) is 0 Å². The highest BCUT2D eigenvalue weighted by atomic mass is 16.6. The van der Waals surface area contributed by atoms with Gasteiger partial charge in [0.25, 0.3) is 5.91 Å². The molecule has 1 saturated heterocycles. The lowest BCUT2D eigenvalue weighted by molar-refractivity contribution is -0.158. The maximum atomic E-state index is 12.3. The van der Waals surface area contributed by atoms with Crippen LogP contribution in [0.5, 0.6) is 5.75 Å². The van der Waals surface area contributed by atoms with Gasteiger partial charge in [0.15, 0.2) is 6.61 Å². The normalized spacial score (nSPS) is 23.6. The summed E-state index contributed by atoms with van der Waals surface area (Å²) in [5.41, 5.74) is 1.01. The van der Waals surface area contributed by atoms with Gasteiger partial charge in [-0.2, -0.15) is 0 Å². The second-order valence-corrected chi connectivity index (χ2v) is 6.27. The van der Waals surface area contributed by atoms with E-state index in [1.54, 1.807) is 4.90 Å². The van der Waals surface area contributed by atoms with Crippen molar-refractivity contribution in [3.8, 4) is 5.75 Å². The minimum atomic E-state index is -0.663. The largest absolute Gasteiger partial charge is 0.478 e. The van der Waals surface area contributed by atoms with Gasteiger partial charge in [-0.1, -0.05) is 38.0 Å². The Hall–Kier alpha value is -2.04. The van der Waals surface area contributed by atoms with Crippen molar-refractivity contribution in [1.29, 1.82) is 0 Å². The number of likely N-dealkylation sites (tertiary alicyclic amines) is 1.